The van der Waals surface area contributed by atoms with Gasteiger partial charge in [-0.3, -0.25) is 0 Å². The van der Waals surface area contributed by atoms with Gasteiger partial charge >= 0.3 is 0 Å². The van der Waals surface area contributed by atoms with Crippen LogP contribution in [0.5, 0.6) is 0 Å². The lowest BCUT2D eigenvalue weighted by atomic mass is 9.81. The Bertz CT molecular complexity index is 407. The molecule has 1 heterocycles. The van der Waals surface area contributed by atoms with Crippen LogP contribution in [0.1, 0.15) is 46.4 Å². The van der Waals surface area contributed by atoms with Crippen molar-refractivity contribution in [3.8, 4) is 0 Å². The maximum atomic E-state index is 4.49. The first-order valence-electron chi connectivity index (χ1n) is 8.12. The van der Waals surface area contributed by atoms with E-state index in [0.29, 0.717) is 12.0 Å². The molecule has 0 aromatic carbocycles. The van der Waals surface area contributed by atoms with Gasteiger partial charge in [-0.15, -0.1) is 0 Å². The minimum atomic E-state index is 0.142. The van der Waals surface area contributed by atoms with Gasteiger partial charge in [0.15, 0.2) is 0 Å². The molecule has 0 amide bonds. The second kappa shape index (κ2) is 7.90. The first-order chi connectivity index (χ1) is 9.91. The van der Waals surface area contributed by atoms with Gasteiger partial charge in [0.2, 0.25) is 0 Å². The summed E-state index contributed by atoms with van der Waals surface area (Å²) in [7, 11) is 6.41. The normalized spacial score (nSPS) is 14.1. The number of hydrogen-bond donors (Lipinski definition) is 1. The van der Waals surface area contributed by atoms with Crippen molar-refractivity contribution in [1.29, 1.82) is 0 Å². The molecule has 0 radical (unpaired) electrons. The van der Waals surface area contributed by atoms with Crippen molar-refractivity contribution in [2.75, 3.05) is 21.1 Å². The van der Waals surface area contributed by atoms with Gasteiger partial charge in [0, 0.05) is 24.5 Å². The van der Waals surface area contributed by atoms with Crippen molar-refractivity contribution in [3.05, 3.63) is 12.2 Å². The molecule has 1 aromatic rings. The van der Waals surface area contributed by atoms with E-state index in [1.807, 2.05) is 0 Å². The summed E-state index contributed by atoms with van der Waals surface area (Å²) in [4.78, 5) is 6.85. The molecule has 1 atom stereocenters. The molecule has 21 heavy (non-hydrogen) atoms. The lowest BCUT2D eigenvalue weighted by Gasteiger charge is -2.45. The van der Waals surface area contributed by atoms with E-state index >= 15 is 0 Å². The van der Waals surface area contributed by atoms with Gasteiger partial charge < -0.3 is 10.2 Å². The highest BCUT2D eigenvalue weighted by Crippen LogP contribution is 2.27. The van der Waals surface area contributed by atoms with Gasteiger partial charge in [-0.05, 0) is 39.9 Å². The Morgan fingerprint density at radius 2 is 1.90 bits per heavy atom. The number of rotatable bonds is 9. The van der Waals surface area contributed by atoms with Crippen LogP contribution in [0.15, 0.2) is 6.33 Å². The second-order valence-corrected chi connectivity index (χ2v) is 6.50. The third-order valence-electron chi connectivity index (χ3n) is 4.73. The summed E-state index contributed by atoms with van der Waals surface area (Å²) in [6.07, 6.45) is 4.81. The first kappa shape index (κ1) is 18.1. The fourth-order valence-electron chi connectivity index (χ4n) is 3.37. The summed E-state index contributed by atoms with van der Waals surface area (Å²) in [5.41, 5.74) is 0.142. The molecule has 1 unspecified atom stereocenters. The Labute approximate surface area is 130 Å². The Balaban J connectivity index is 2.99. The third kappa shape index (κ3) is 4.04. The van der Waals surface area contributed by atoms with Crippen LogP contribution < -0.4 is 5.32 Å². The number of likely N-dealkylation sites (N-methyl/N-ethyl adjacent to an activating group) is 2. The molecule has 5 nitrogen and oxygen atoms in total. The number of aromatic nitrogens is 3. The molecule has 0 saturated heterocycles. The molecule has 1 N–H and O–H groups in total. The van der Waals surface area contributed by atoms with Crippen LogP contribution >= 0.6 is 0 Å². The highest BCUT2D eigenvalue weighted by atomic mass is 15.3. The quantitative estimate of drug-likeness (QED) is 0.758. The minimum Gasteiger partial charge on any atom is -0.315 e. The zero-order valence-corrected chi connectivity index (χ0v) is 14.8. The molecule has 1 rings (SSSR count). The van der Waals surface area contributed by atoms with Crippen molar-refractivity contribution in [2.45, 2.75) is 65.1 Å². The predicted molar refractivity (Wildman–Crippen MR) is 88.4 cm³/mol. The molecule has 0 aliphatic heterocycles. The van der Waals surface area contributed by atoms with Crippen molar-refractivity contribution in [2.24, 2.45) is 5.92 Å². The monoisotopic (exact) mass is 295 g/mol. The minimum absolute atomic E-state index is 0.142. The lowest BCUT2D eigenvalue weighted by Crippen LogP contribution is -2.58. The molecule has 0 fully saturated rings. The molecular formula is C16H33N5. The molecule has 0 aliphatic carbocycles. The summed E-state index contributed by atoms with van der Waals surface area (Å²) in [6.45, 7) is 9.89. The molecule has 0 saturated carbocycles. The number of hydrogen-bond acceptors (Lipinski definition) is 4. The standard InChI is InChI=1S/C16H33N5/c1-8-16(9-2,20(6)7)14(17-5)10-15-18-12-19-21(15)11-13(3)4/h12-14,17H,8-11H2,1-7H3. The van der Waals surface area contributed by atoms with Gasteiger partial charge in [-0.25, -0.2) is 9.67 Å². The van der Waals surface area contributed by atoms with Crippen molar-refractivity contribution in [3.63, 3.8) is 0 Å². The van der Waals surface area contributed by atoms with E-state index in [9.17, 15) is 0 Å². The maximum Gasteiger partial charge on any atom is 0.138 e. The average molecular weight is 295 g/mol. The Kier molecular flexibility index (Phi) is 6.81. The zero-order chi connectivity index (χ0) is 16.0. The largest absolute Gasteiger partial charge is 0.315 e. The SMILES string of the molecule is CCC(CC)(C(Cc1ncnn1CC(C)C)NC)N(C)C. The van der Waals surface area contributed by atoms with Gasteiger partial charge in [0.05, 0.1) is 0 Å². The van der Waals surface area contributed by atoms with E-state index in [4.69, 9.17) is 0 Å². The van der Waals surface area contributed by atoms with E-state index in [-0.39, 0.29) is 5.54 Å². The van der Waals surface area contributed by atoms with Crippen LogP contribution in [0.25, 0.3) is 0 Å². The van der Waals surface area contributed by atoms with E-state index in [1.54, 1.807) is 6.33 Å². The highest BCUT2D eigenvalue weighted by Gasteiger charge is 2.37. The van der Waals surface area contributed by atoms with Crippen LogP contribution in [0.4, 0.5) is 0 Å². The smallest absolute Gasteiger partial charge is 0.138 e. The van der Waals surface area contributed by atoms with Gasteiger partial charge in [-0.2, -0.15) is 5.10 Å². The average Bonchev–Trinajstić information content (AvgIpc) is 2.85. The fraction of sp³-hybridized carbons (Fsp3) is 0.875. The van der Waals surface area contributed by atoms with Crippen LogP contribution in [-0.4, -0.2) is 52.4 Å². The summed E-state index contributed by atoms with van der Waals surface area (Å²) in [5, 5.41) is 7.91. The number of nitrogens with one attached hydrogen (secondary N) is 1. The zero-order valence-electron chi connectivity index (χ0n) is 14.8. The lowest BCUT2D eigenvalue weighted by molar-refractivity contribution is 0.0902. The summed E-state index contributed by atoms with van der Waals surface area (Å²) in [5.74, 6) is 1.66. The summed E-state index contributed by atoms with van der Waals surface area (Å²) in [6, 6.07) is 0.359. The maximum absolute atomic E-state index is 4.49. The first-order valence-corrected chi connectivity index (χ1v) is 8.12. The molecule has 0 bridgehead atoms. The summed E-state index contributed by atoms with van der Waals surface area (Å²) >= 11 is 0. The van der Waals surface area contributed by atoms with Gasteiger partial charge in [0.1, 0.15) is 12.2 Å². The highest BCUT2D eigenvalue weighted by molar-refractivity contribution is 5.02. The van der Waals surface area contributed by atoms with Crippen molar-refractivity contribution in [1.82, 2.24) is 25.0 Å². The topological polar surface area (TPSA) is 46.0 Å². The van der Waals surface area contributed by atoms with E-state index < -0.39 is 0 Å². The third-order valence-corrected chi connectivity index (χ3v) is 4.73. The summed E-state index contributed by atoms with van der Waals surface area (Å²) < 4.78 is 2.06. The van der Waals surface area contributed by atoms with Crippen molar-refractivity contribution < 1.29 is 0 Å². The molecule has 0 aliphatic rings. The van der Waals surface area contributed by atoms with Gasteiger partial charge in [0.25, 0.3) is 0 Å². The Hall–Kier alpha value is -0.940. The van der Waals surface area contributed by atoms with E-state index in [1.165, 1.54) is 0 Å². The molecule has 122 valence electrons. The molecule has 1 aromatic heterocycles. The van der Waals surface area contributed by atoms with Gasteiger partial charge in [-0.1, -0.05) is 27.7 Å². The molecular weight excluding hydrogens is 262 g/mol. The van der Waals surface area contributed by atoms with Crippen LogP contribution in [0.3, 0.4) is 0 Å². The van der Waals surface area contributed by atoms with E-state index in [0.717, 1.165) is 31.6 Å². The van der Waals surface area contributed by atoms with Crippen molar-refractivity contribution >= 4 is 0 Å². The molecule has 5 heteroatoms. The predicted octanol–water partition coefficient (Wildman–Crippen LogP) is 2.18. The Morgan fingerprint density at radius 3 is 2.33 bits per heavy atom. The van der Waals surface area contributed by atoms with Crippen LogP contribution in [0, 0.1) is 5.92 Å². The fourth-order valence-corrected chi connectivity index (χ4v) is 3.37. The second-order valence-electron chi connectivity index (χ2n) is 6.50. The Morgan fingerprint density at radius 1 is 1.29 bits per heavy atom. The van der Waals surface area contributed by atoms with E-state index in [2.05, 4.69) is 73.8 Å². The van der Waals surface area contributed by atoms with Crippen LogP contribution in [-0.2, 0) is 13.0 Å². The number of nitrogens with zero attached hydrogens (tertiary/aromatic N) is 4. The van der Waals surface area contributed by atoms with Crippen LogP contribution in [0.2, 0.25) is 0 Å². The molecule has 0 spiro atoms.